The number of nitrogens with one attached hydrogen (secondary N) is 2. The molecule has 7 nitrogen and oxygen atoms in total. The zero-order valence-corrected chi connectivity index (χ0v) is 19.7. The van der Waals surface area contributed by atoms with Crippen LogP contribution in [0, 0.1) is 13.8 Å². The minimum Gasteiger partial charge on any atom is -0.350 e. The molecule has 2 atom stereocenters. The van der Waals surface area contributed by atoms with E-state index in [4.69, 9.17) is 0 Å². The minimum absolute atomic E-state index is 0.0137. The molecule has 31 heavy (non-hydrogen) atoms. The first-order valence-electron chi connectivity index (χ1n) is 10.2. The van der Waals surface area contributed by atoms with E-state index in [0.29, 0.717) is 16.9 Å². The average Bonchev–Trinajstić information content (AvgIpc) is 2.69. The van der Waals surface area contributed by atoms with Crippen molar-refractivity contribution in [2.45, 2.75) is 53.1 Å². The third kappa shape index (κ3) is 6.07. The van der Waals surface area contributed by atoms with E-state index in [0.717, 1.165) is 28.1 Å². The largest absolute Gasteiger partial charge is 0.350 e. The highest BCUT2D eigenvalue weighted by Gasteiger charge is 2.31. The molecule has 0 aliphatic heterocycles. The number of anilines is 2. The van der Waals surface area contributed by atoms with Crippen LogP contribution in [0.5, 0.6) is 0 Å². The van der Waals surface area contributed by atoms with E-state index in [9.17, 15) is 18.0 Å². The first-order valence-corrected chi connectivity index (χ1v) is 12.1. The number of benzene rings is 2. The summed E-state index contributed by atoms with van der Waals surface area (Å²) >= 11 is 0. The van der Waals surface area contributed by atoms with Crippen LogP contribution in [0.15, 0.2) is 42.5 Å². The zero-order valence-electron chi connectivity index (χ0n) is 18.9. The molecule has 0 aliphatic rings. The lowest BCUT2D eigenvalue weighted by Gasteiger charge is -2.30. The Morgan fingerprint density at radius 1 is 1.06 bits per heavy atom. The van der Waals surface area contributed by atoms with Crippen molar-refractivity contribution >= 4 is 33.2 Å². The van der Waals surface area contributed by atoms with Gasteiger partial charge in [0.05, 0.1) is 23.2 Å². The van der Waals surface area contributed by atoms with E-state index in [1.165, 1.54) is 6.92 Å². The van der Waals surface area contributed by atoms with Crippen LogP contribution in [0.1, 0.15) is 48.7 Å². The quantitative estimate of drug-likeness (QED) is 0.649. The number of sulfonamides is 1. The van der Waals surface area contributed by atoms with Crippen LogP contribution < -0.4 is 14.9 Å². The molecular formula is C23H31N3O4S. The number of amides is 2. The number of carbonyl (C=O) groups excluding carboxylic acids is 2. The molecule has 168 valence electrons. The summed E-state index contributed by atoms with van der Waals surface area (Å²) in [5, 5.41) is 5.61. The van der Waals surface area contributed by atoms with Gasteiger partial charge in [-0.2, -0.15) is 0 Å². The van der Waals surface area contributed by atoms with Crippen molar-refractivity contribution in [1.82, 2.24) is 5.32 Å². The number of para-hydroxylation sites is 1. The van der Waals surface area contributed by atoms with Crippen molar-refractivity contribution < 1.29 is 18.0 Å². The van der Waals surface area contributed by atoms with Gasteiger partial charge in [0, 0.05) is 6.04 Å². The first kappa shape index (κ1) is 24.4. The van der Waals surface area contributed by atoms with Crippen LogP contribution in [0.2, 0.25) is 0 Å². The molecule has 0 spiro atoms. The van der Waals surface area contributed by atoms with Crippen LogP contribution in [-0.4, -0.2) is 38.6 Å². The van der Waals surface area contributed by atoms with Crippen molar-refractivity contribution in [3.8, 4) is 0 Å². The van der Waals surface area contributed by atoms with Crippen LogP contribution in [-0.2, 0) is 14.8 Å². The number of aryl methyl sites for hydroxylation is 2. The van der Waals surface area contributed by atoms with Gasteiger partial charge in [0.15, 0.2) is 0 Å². The monoisotopic (exact) mass is 445 g/mol. The molecule has 0 aliphatic carbocycles. The molecule has 0 unspecified atom stereocenters. The SMILES string of the molecule is CC[C@@H](C)NC(=O)c1ccccc1NC(=O)[C@H](C)N(c1cc(C)ccc1C)S(C)(=O)=O. The van der Waals surface area contributed by atoms with Gasteiger partial charge in [-0.05, 0) is 63.4 Å². The van der Waals surface area contributed by atoms with E-state index < -0.39 is 22.0 Å². The average molecular weight is 446 g/mol. The lowest BCUT2D eigenvalue weighted by atomic mass is 10.1. The van der Waals surface area contributed by atoms with Gasteiger partial charge in [-0.3, -0.25) is 13.9 Å². The smallest absolute Gasteiger partial charge is 0.253 e. The molecule has 2 N–H and O–H groups in total. The Kier molecular flexibility index (Phi) is 7.84. The summed E-state index contributed by atoms with van der Waals surface area (Å²) in [6.07, 6.45) is 1.85. The molecule has 0 aromatic heterocycles. The van der Waals surface area contributed by atoms with Crippen LogP contribution in [0.4, 0.5) is 11.4 Å². The fourth-order valence-electron chi connectivity index (χ4n) is 3.17. The van der Waals surface area contributed by atoms with Crippen molar-refractivity contribution in [3.63, 3.8) is 0 Å². The molecule has 0 saturated carbocycles. The Labute approximate surface area is 184 Å². The predicted octanol–water partition coefficient (Wildman–Crippen LogP) is 3.62. The van der Waals surface area contributed by atoms with Crippen LogP contribution >= 0.6 is 0 Å². The van der Waals surface area contributed by atoms with E-state index >= 15 is 0 Å². The molecule has 2 aromatic carbocycles. The number of hydrogen-bond donors (Lipinski definition) is 2. The lowest BCUT2D eigenvalue weighted by Crippen LogP contribution is -2.46. The highest BCUT2D eigenvalue weighted by molar-refractivity contribution is 7.92. The van der Waals surface area contributed by atoms with Crippen molar-refractivity contribution in [3.05, 3.63) is 59.2 Å². The second kappa shape index (κ2) is 9.96. The molecule has 2 rings (SSSR count). The summed E-state index contributed by atoms with van der Waals surface area (Å²) in [5.41, 5.74) is 2.72. The van der Waals surface area contributed by atoms with E-state index in [-0.39, 0.29) is 11.9 Å². The van der Waals surface area contributed by atoms with Gasteiger partial charge in [-0.15, -0.1) is 0 Å². The molecule has 2 amide bonds. The van der Waals surface area contributed by atoms with Gasteiger partial charge in [0.2, 0.25) is 15.9 Å². The summed E-state index contributed by atoms with van der Waals surface area (Å²) < 4.78 is 26.3. The Balaban J connectivity index is 2.36. The summed E-state index contributed by atoms with van der Waals surface area (Å²) in [6.45, 7) is 9.05. The lowest BCUT2D eigenvalue weighted by molar-refractivity contribution is -0.116. The third-order valence-electron chi connectivity index (χ3n) is 5.11. The van der Waals surface area contributed by atoms with E-state index in [1.54, 1.807) is 37.3 Å². The number of rotatable bonds is 8. The highest BCUT2D eigenvalue weighted by Crippen LogP contribution is 2.27. The van der Waals surface area contributed by atoms with Crippen molar-refractivity contribution in [2.24, 2.45) is 0 Å². The number of hydrogen-bond acceptors (Lipinski definition) is 4. The zero-order chi connectivity index (χ0) is 23.3. The van der Waals surface area contributed by atoms with E-state index in [1.807, 2.05) is 32.9 Å². The molecular weight excluding hydrogens is 414 g/mol. The minimum atomic E-state index is -3.75. The van der Waals surface area contributed by atoms with Gasteiger partial charge in [-0.25, -0.2) is 8.42 Å². The molecule has 2 aromatic rings. The van der Waals surface area contributed by atoms with Gasteiger partial charge in [0.1, 0.15) is 6.04 Å². The van der Waals surface area contributed by atoms with Gasteiger partial charge in [-0.1, -0.05) is 31.2 Å². The molecule has 0 fully saturated rings. The fourth-order valence-corrected chi connectivity index (χ4v) is 4.39. The Morgan fingerprint density at radius 2 is 1.71 bits per heavy atom. The summed E-state index contributed by atoms with van der Waals surface area (Å²) in [6, 6.07) is 11.1. The topological polar surface area (TPSA) is 95.6 Å². The second-order valence-corrected chi connectivity index (χ2v) is 9.70. The van der Waals surface area contributed by atoms with E-state index in [2.05, 4.69) is 10.6 Å². The summed E-state index contributed by atoms with van der Waals surface area (Å²) in [4.78, 5) is 25.7. The maximum atomic E-state index is 13.1. The van der Waals surface area contributed by atoms with Gasteiger partial charge < -0.3 is 10.6 Å². The Hall–Kier alpha value is -2.87. The maximum Gasteiger partial charge on any atom is 0.253 e. The standard InChI is InChI=1S/C23H31N3O4S/c1-7-17(4)24-23(28)19-10-8-9-11-20(19)25-22(27)18(5)26(31(6,29)30)21-14-15(2)12-13-16(21)3/h8-14,17-18H,7H2,1-6H3,(H,24,28)(H,25,27)/t17-,18+/m1/s1. The van der Waals surface area contributed by atoms with Gasteiger partial charge in [0.25, 0.3) is 5.91 Å². The Bertz CT molecular complexity index is 1070. The molecule has 0 bridgehead atoms. The summed E-state index contributed by atoms with van der Waals surface area (Å²) in [7, 11) is -3.75. The third-order valence-corrected chi connectivity index (χ3v) is 6.34. The van der Waals surface area contributed by atoms with Crippen LogP contribution in [0.3, 0.4) is 0 Å². The fraction of sp³-hybridized carbons (Fsp3) is 0.391. The normalized spacial score (nSPS) is 13.2. The molecule has 0 radical (unpaired) electrons. The Morgan fingerprint density at radius 3 is 2.32 bits per heavy atom. The predicted molar refractivity (Wildman–Crippen MR) is 125 cm³/mol. The second-order valence-electron chi connectivity index (χ2n) is 7.84. The molecule has 0 heterocycles. The van der Waals surface area contributed by atoms with Gasteiger partial charge >= 0.3 is 0 Å². The van der Waals surface area contributed by atoms with Crippen molar-refractivity contribution in [2.75, 3.05) is 15.9 Å². The summed E-state index contributed by atoms with van der Waals surface area (Å²) in [5.74, 6) is -0.831. The molecule has 0 saturated heterocycles. The van der Waals surface area contributed by atoms with Crippen LogP contribution in [0.25, 0.3) is 0 Å². The first-order chi connectivity index (χ1) is 14.5. The molecule has 8 heteroatoms. The number of nitrogens with zero attached hydrogens (tertiary/aromatic N) is 1. The highest BCUT2D eigenvalue weighted by atomic mass is 32.2. The maximum absolute atomic E-state index is 13.1. The van der Waals surface area contributed by atoms with Crippen molar-refractivity contribution in [1.29, 1.82) is 0 Å². The number of carbonyl (C=O) groups is 2.